The molecule has 0 spiro atoms. The number of fused-ring (bicyclic) bond motifs is 1. The van der Waals surface area contributed by atoms with Gasteiger partial charge in [0.1, 0.15) is 12.1 Å². The molecule has 140 valence electrons. The number of urea groups is 1. The zero-order chi connectivity index (χ0) is 18.9. The van der Waals surface area contributed by atoms with Crippen molar-refractivity contribution in [3.8, 4) is 11.5 Å². The van der Waals surface area contributed by atoms with E-state index in [0.717, 1.165) is 10.5 Å². The Morgan fingerprint density at radius 3 is 2.62 bits per heavy atom. The predicted molar refractivity (Wildman–Crippen MR) is 92.7 cm³/mol. The van der Waals surface area contributed by atoms with Crippen LogP contribution in [0.1, 0.15) is 45.2 Å². The Morgan fingerprint density at radius 2 is 1.96 bits per heavy atom. The van der Waals surface area contributed by atoms with Gasteiger partial charge in [-0.05, 0) is 37.5 Å². The average Bonchev–Trinajstić information content (AvgIpc) is 3.19. The molecule has 1 aromatic rings. The molecule has 1 aromatic carbocycles. The van der Waals surface area contributed by atoms with E-state index in [9.17, 15) is 14.4 Å². The van der Waals surface area contributed by atoms with Crippen LogP contribution in [-0.2, 0) is 9.59 Å². The van der Waals surface area contributed by atoms with Gasteiger partial charge in [-0.2, -0.15) is 0 Å². The van der Waals surface area contributed by atoms with E-state index in [4.69, 9.17) is 9.47 Å². The third-order valence-electron chi connectivity index (χ3n) is 5.03. The van der Waals surface area contributed by atoms with Gasteiger partial charge in [-0.15, -0.1) is 0 Å². The van der Waals surface area contributed by atoms with Gasteiger partial charge < -0.3 is 20.1 Å². The molecular weight excluding hydrogens is 338 g/mol. The van der Waals surface area contributed by atoms with E-state index in [0.29, 0.717) is 24.3 Å². The van der Waals surface area contributed by atoms with Crippen LogP contribution in [-0.4, -0.2) is 41.6 Å². The second-order valence-electron chi connectivity index (χ2n) is 6.51. The van der Waals surface area contributed by atoms with Crippen molar-refractivity contribution in [2.45, 2.75) is 45.2 Å². The summed E-state index contributed by atoms with van der Waals surface area (Å²) in [5.41, 5.74) is -0.0587. The first-order valence-electron chi connectivity index (χ1n) is 8.73. The summed E-state index contributed by atoms with van der Waals surface area (Å²) in [6.45, 7) is 5.38. The molecule has 2 aliphatic heterocycles. The van der Waals surface area contributed by atoms with E-state index in [1.807, 2.05) is 26.8 Å². The second kappa shape index (κ2) is 6.86. The summed E-state index contributed by atoms with van der Waals surface area (Å²) in [5.74, 6) is 0.551. The van der Waals surface area contributed by atoms with Crippen molar-refractivity contribution >= 4 is 17.8 Å². The molecule has 2 N–H and O–H groups in total. The van der Waals surface area contributed by atoms with Crippen LogP contribution in [0.2, 0.25) is 0 Å². The zero-order valence-corrected chi connectivity index (χ0v) is 15.1. The number of benzene rings is 1. The highest BCUT2D eigenvalue weighted by Crippen LogP contribution is 2.34. The number of carbonyl (C=O) groups is 3. The lowest BCUT2D eigenvalue weighted by Gasteiger charge is -2.23. The summed E-state index contributed by atoms with van der Waals surface area (Å²) in [7, 11) is 0. The van der Waals surface area contributed by atoms with Gasteiger partial charge in [0.2, 0.25) is 12.7 Å². The smallest absolute Gasteiger partial charge is 0.325 e. The van der Waals surface area contributed by atoms with E-state index in [2.05, 4.69) is 10.6 Å². The van der Waals surface area contributed by atoms with Crippen molar-refractivity contribution in [1.82, 2.24) is 15.5 Å². The molecule has 26 heavy (non-hydrogen) atoms. The number of ether oxygens (including phenoxy) is 2. The molecular formula is C18H23N3O5. The van der Waals surface area contributed by atoms with Gasteiger partial charge in [0.25, 0.3) is 5.91 Å². The number of nitrogens with zero attached hydrogens (tertiary/aromatic N) is 1. The standard InChI is InChI=1S/C18H23N3O5/c1-4-18(5-2)16(23)21(17(24)20-18)9-15(22)19-11(3)12-6-7-13-14(8-12)26-10-25-13/h6-8,11H,4-5,9-10H2,1-3H3,(H,19,22)(H,20,24)/t11-/m1/s1. The molecule has 0 aromatic heterocycles. The first-order valence-corrected chi connectivity index (χ1v) is 8.73. The van der Waals surface area contributed by atoms with Crippen LogP contribution in [0.4, 0.5) is 4.79 Å². The third kappa shape index (κ3) is 3.07. The normalized spacial score (nSPS) is 18.7. The number of amides is 4. The summed E-state index contributed by atoms with van der Waals surface area (Å²) in [6.07, 6.45) is 0.972. The van der Waals surface area contributed by atoms with Crippen molar-refractivity contribution in [3.05, 3.63) is 23.8 Å². The molecule has 3 rings (SSSR count). The Balaban J connectivity index is 1.63. The van der Waals surface area contributed by atoms with Crippen molar-refractivity contribution in [2.75, 3.05) is 13.3 Å². The summed E-state index contributed by atoms with van der Waals surface area (Å²) in [6, 6.07) is 4.60. The SMILES string of the molecule is CCC1(CC)NC(=O)N(CC(=O)N[C@H](C)c2ccc3c(c2)OCO3)C1=O. The van der Waals surface area contributed by atoms with E-state index < -0.39 is 17.5 Å². The number of imide groups is 1. The molecule has 0 aliphatic carbocycles. The lowest BCUT2D eigenvalue weighted by atomic mass is 9.93. The molecule has 1 atom stereocenters. The van der Waals surface area contributed by atoms with Gasteiger partial charge in [-0.1, -0.05) is 19.9 Å². The summed E-state index contributed by atoms with van der Waals surface area (Å²) in [5, 5.41) is 5.52. The fraction of sp³-hybridized carbons (Fsp3) is 0.500. The molecule has 1 saturated heterocycles. The summed E-state index contributed by atoms with van der Waals surface area (Å²) >= 11 is 0. The number of nitrogens with one attached hydrogen (secondary N) is 2. The van der Waals surface area contributed by atoms with Gasteiger partial charge in [-0.3, -0.25) is 14.5 Å². The third-order valence-corrected chi connectivity index (χ3v) is 5.03. The Kier molecular flexibility index (Phi) is 4.76. The summed E-state index contributed by atoms with van der Waals surface area (Å²) in [4.78, 5) is 38.0. The number of rotatable bonds is 6. The fourth-order valence-corrected chi connectivity index (χ4v) is 3.25. The van der Waals surface area contributed by atoms with Crippen molar-refractivity contribution in [2.24, 2.45) is 0 Å². The average molecular weight is 361 g/mol. The first kappa shape index (κ1) is 18.0. The Hall–Kier alpha value is -2.77. The molecule has 8 nitrogen and oxygen atoms in total. The maximum atomic E-state index is 12.6. The van der Waals surface area contributed by atoms with Crippen LogP contribution < -0.4 is 20.1 Å². The topological polar surface area (TPSA) is 97.0 Å². The number of hydrogen-bond donors (Lipinski definition) is 2. The molecule has 2 aliphatic rings. The van der Waals surface area contributed by atoms with Gasteiger partial charge >= 0.3 is 6.03 Å². The van der Waals surface area contributed by atoms with Crippen LogP contribution in [0.25, 0.3) is 0 Å². The minimum absolute atomic E-state index is 0.183. The minimum Gasteiger partial charge on any atom is -0.454 e. The molecule has 4 amide bonds. The van der Waals surface area contributed by atoms with Crippen LogP contribution >= 0.6 is 0 Å². The van der Waals surface area contributed by atoms with E-state index in [1.54, 1.807) is 12.1 Å². The second-order valence-corrected chi connectivity index (χ2v) is 6.51. The van der Waals surface area contributed by atoms with Crippen molar-refractivity contribution < 1.29 is 23.9 Å². The Labute approximate surface area is 151 Å². The van der Waals surface area contributed by atoms with Crippen LogP contribution in [0, 0.1) is 0 Å². The maximum absolute atomic E-state index is 12.6. The van der Waals surface area contributed by atoms with Gasteiger partial charge in [-0.25, -0.2) is 4.79 Å². The lowest BCUT2D eigenvalue weighted by molar-refractivity contribution is -0.135. The number of hydrogen-bond acceptors (Lipinski definition) is 5. The van der Waals surface area contributed by atoms with Crippen LogP contribution in [0.15, 0.2) is 18.2 Å². The largest absolute Gasteiger partial charge is 0.454 e. The molecule has 1 fully saturated rings. The van der Waals surface area contributed by atoms with Gasteiger partial charge in [0.15, 0.2) is 11.5 Å². The van der Waals surface area contributed by atoms with E-state index in [-0.39, 0.29) is 25.3 Å². The highest BCUT2D eigenvalue weighted by atomic mass is 16.7. The van der Waals surface area contributed by atoms with Gasteiger partial charge in [0, 0.05) is 0 Å². The predicted octanol–water partition coefficient (Wildman–Crippen LogP) is 1.70. The molecule has 0 unspecified atom stereocenters. The first-order chi connectivity index (χ1) is 12.4. The number of carbonyl (C=O) groups excluding carboxylic acids is 3. The fourth-order valence-electron chi connectivity index (χ4n) is 3.25. The Bertz CT molecular complexity index is 744. The quantitative estimate of drug-likeness (QED) is 0.752. The Morgan fingerprint density at radius 1 is 1.27 bits per heavy atom. The van der Waals surface area contributed by atoms with Gasteiger partial charge in [0.05, 0.1) is 6.04 Å². The molecule has 8 heteroatoms. The van der Waals surface area contributed by atoms with Crippen LogP contribution in [0.3, 0.4) is 0 Å². The van der Waals surface area contributed by atoms with E-state index >= 15 is 0 Å². The monoisotopic (exact) mass is 361 g/mol. The molecule has 2 heterocycles. The van der Waals surface area contributed by atoms with Crippen molar-refractivity contribution in [1.29, 1.82) is 0 Å². The molecule has 0 bridgehead atoms. The maximum Gasteiger partial charge on any atom is 0.325 e. The van der Waals surface area contributed by atoms with E-state index in [1.165, 1.54) is 0 Å². The summed E-state index contributed by atoms with van der Waals surface area (Å²) < 4.78 is 10.6. The molecule has 0 radical (unpaired) electrons. The van der Waals surface area contributed by atoms with Crippen LogP contribution in [0.5, 0.6) is 11.5 Å². The van der Waals surface area contributed by atoms with Crippen molar-refractivity contribution in [3.63, 3.8) is 0 Å². The molecule has 0 saturated carbocycles. The zero-order valence-electron chi connectivity index (χ0n) is 15.1. The highest BCUT2D eigenvalue weighted by Gasteiger charge is 2.49. The lowest BCUT2D eigenvalue weighted by Crippen LogP contribution is -2.46. The highest BCUT2D eigenvalue weighted by molar-refractivity contribution is 6.09. The minimum atomic E-state index is -0.902.